The highest BCUT2D eigenvalue weighted by molar-refractivity contribution is 9.10. The Bertz CT molecular complexity index is 733. The SMILES string of the molecule is CCOc1cc(CNCC2CCCO2)c(Br)cc1OCc1ccc(F)cc1. The second-order valence-corrected chi connectivity index (χ2v) is 7.36. The van der Waals surface area contributed by atoms with Crippen LogP contribution in [0.3, 0.4) is 0 Å². The molecule has 0 radical (unpaired) electrons. The first-order chi connectivity index (χ1) is 13.2. The lowest BCUT2D eigenvalue weighted by atomic mass is 10.2. The maximum Gasteiger partial charge on any atom is 0.162 e. The van der Waals surface area contributed by atoms with E-state index in [9.17, 15) is 4.39 Å². The minimum Gasteiger partial charge on any atom is -0.490 e. The van der Waals surface area contributed by atoms with E-state index in [1.165, 1.54) is 12.1 Å². The van der Waals surface area contributed by atoms with Gasteiger partial charge in [0.2, 0.25) is 0 Å². The van der Waals surface area contributed by atoms with Gasteiger partial charge in [-0.05, 0) is 55.2 Å². The van der Waals surface area contributed by atoms with Crippen LogP contribution in [0.25, 0.3) is 0 Å². The Labute approximate surface area is 168 Å². The standard InChI is InChI=1S/C21H25BrFNO3/c1-2-25-20-10-16(12-24-13-18-4-3-9-26-18)19(22)11-21(20)27-14-15-5-7-17(23)8-6-15/h5-8,10-11,18,24H,2-4,9,12-14H2,1H3. The van der Waals surface area contributed by atoms with E-state index in [1.54, 1.807) is 12.1 Å². The Morgan fingerprint density at radius 2 is 1.96 bits per heavy atom. The number of rotatable bonds is 9. The molecule has 2 aromatic carbocycles. The molecule has 0 aliphatic carbocycles. The highest BCUT2D eigenvalue weighted by Gasteiger charge is 2.16. The third kappa shape index (κ3) is 5.92. The summed E-state index contributed by atoms with van der Waals surface area (Å²) >= 11 is 3.63. The molecule has 1 saturated heterocycles. The first-order valence-corrected chi connectivity index (χ1v) is 10.1. The van der Waals surface area contributed by atoms with Gasteiger partial charge >= 0.3 is 0 Å². The Morgan fingerprint density at radius 1 is 1.19 bits per heavy atom. The van der Waals surface area contributed by atoms with Gasteiger partial charge in [-0.3, -0.25) is 0 Å². The summed E-state index contributed by atoms with van der Waals surface area (Å²) in [5.74, 6) is 1.11. The largest absolute Gasteiger partial charge is 0.490 e. The molecular weight excluding hydrogens is 413 g/mol. The molecule has 1 fully saturated rings. The van der Waals surface area contributed by atoms with Gasteiger partial charge in [-0.15, -0.1) is 0 Å². The first-order valence-electron chi connectivity index (χ1n) is 9.30. The molecule has 0 saturated carbocycles. The number of hydrogen-bond donors (Lipinski definition) is 1. The molecule has 0 spiro atoms. The quantitative estimate of drug-likeness (QED) is 0.609. The molecule has 4 nitrogen and oxygen atoms in total. The minimum absolute atomic E-state index is 0.253. The van der Waals surface area contributed by atoms with Crippen LogP contribution in [0.2, 0.25) is 0 Å². The van der Waals surface area contributed by atoms with Gasteiger partial charge in [0, 0.05) is 24.2 Å². The molecule has 146 valence electrons. The van der Waals surface area contributed by atoms with Crippen molar-refractivity contribution < 1.29 is 18.6 Å². The molecule has 1 heterocycles. The van der Waals surface area contributed by atoms with Crippen molar-refractivity contribution in [3.8, 4) is 11.5 Å². The normalized spacial score (nSPS) is 16.5. The summed E-state index contributed by atoms with van der Waals surface area (Å²) in [7, 11) is 0. The van der Waals surface area contributed by atoms with Crippen molar-refractivity contribution in [3.63, 3.8) is 0 Å². The second-order valence-electron chi connectivity index (χ2n) is 6.50. The third-order valence-corrected chi connectivity index (χ3v) is 5.17. The van der Waals surface area contributed by atoms with Crippen LogP contribution in [0.1, 0.15) is 30.9 Å². The zero-order valence-electron chi connectivity index (χ0n) is 15.5. The van der Waals surface area contributed by atoms with Crippen LogP contribution < -0.4 is 14.8 Å². The zero-order chi connectivity index (χ0) is 19.1. The lowest BCUT2D eigenvalue weighted by Gasteiger charge is -2.16. The van der Waals surface area contributed by atoms with Crippen molar-refractivity contribution >= 4 is 15.9 Å². The molecule has 1 atom stereocenters. The van der Waals surface area contributed by atoms with Crippen molar-refractivity contribution in [2.75, 3.05) is 19.8 Å². The van der Waals surface area contributed by atoms with Gasteiger partial charge in [0.05, 0.1) is 12.7 Å². The predicted molar refractivity (Wildman–Crippen MR) is 107 cm³/mol. The molecule has 1 aliphatic rings. The van der Waals surface area contributed by atoms with Crippen molar-refractivity contribution in [1.82, 2.24) is 5.32 Å². The van der Waals surface area contributed by atoms with E-state index in [4.69, 9.17) is 14.2 Å². The second kappa shape index (κ2) is 10.1. The monoisotopic (exact) mass is 437 g/mol. The van der Waals surface area contributed by atoms with Crippen LogP contribution in [-0.4, -0.2) is 25.9 Å². The van der Waals surface area contributed by atoms with Gasteiger partial charge in [-0.25, -0.2) is 4.39 Å². The Balaban J connectivity index is 1.64. The number of hydrogen-bond acceptors (Lipinski definition) is 4. The van der Waals surface area contributed by atoms with Crippen LogP contribution in [0.4, 0.5) is 4.39 Å². The summed E-state index contributed by atoms with van der Waals surface area (Å²) in [5, 5.41) is 3.45. The van der Waals surface area contributed by atoms with E-state index in [-0.39, 0.29) is 5.82 Å². The summed E-state index contributed by atoms with van der Waals surface area (Å²) in [5.41, 5.74) is 2.00. The van der Waals surface area contributed by atoms with Crippen LogP contribution in [0.5, 0.6) is 11.5 Å². The number of benzene rings is 2. The average molecular weight is 438 g/mol. The van der Waals surface area contributed by atoms with Gasteiger partial charge in [0.1, 0.15) is 12.4 Å². The summed E-state index contributed by atoms with van der Waals surface area (Å²) in [6, 6.07) is 10.2. The highest BCUT2D eigenvalue weighted by atomic mass is 79.9. The van der Waals surface area contributed by atoms with E-state index in [0.29, 0.717) is 30.8 Å². The van der Waals surface area contributed by atoms with Gasteiger partial charge < -0.3 is 19.5 Å². The molecule has 0 aromatic heterocycles. The van der Waals surface area contributed by atoms with Crippen LogP contribution in [0, 0.1) is 5.82 Å². The van der Waals surface area contributed by atoms with Crippen molar-refractivity contribution in [2.45, 2.75) is 39.0 Å². The lowest BCUT2D eigenvalue weighted by Crippen LogP contribution is -2.25. The van der Waals surface area contributed by atoms with Crippen LogP contribution in [0.15, 0.2) is 40.9 Å². The summed E-state index contributed by atoms with van der Waals surface area (Å²) < 4.78 is 31.3. The molecule has 1 unspecified atom stereocenters. The van der Waals surface area contributed by atoms with Crippen LogP contribution >= 0.6 is 15.9 Å². The van der Waals surface area contributed by atoms with Crippen molar-refractivity contribution in [2.24, 2.45) is 0 Å². The number of halogens is 2. The smallest absolute Gasteiger partial charge is 0.162 e. The third-order valence-electron chi connectivity index (χ3n) is 4.43. The number of nitrogens with one attached hydrogen (secondary N) is 1. The molecule has 2 aromatic rings. The molecule has 0 bridgehead atoms. The Hall–Kier alpha value is -1.63. The van der Waals surface area contributed by atoms with Crippen LogP contribution in [-0.2, 0) is 17.9 Å². The van der Waals surface area contributed by atoms with Crippen molar-refractivity contribution in [3.05, 3.63) is 57.8 Å². The van der Waals surface area contributed by atoms with Gasteiger partial charge in [-0.2, -0.15) is 0 Å². The van der Waals surface area contributed by atoms with Gasteiger partial charge in [0.25, 0.3) is 0 Å². The van der Waals surface area contributed by atoms with E-state index in [0.717, 1.165) is 48.1 Å². The zero-order valence-corrected chi connectivity index (χ0v) is 17.1. The lowest BCUT2D eigenvalue weighted by molar-refractivity contribution is 0.110. The fourth-order valence-electron chi connectivity index (χ4n) is 3.01. The van der Waals surface area contributed by atoms with E-state index >= 15 is 0 Å². The summed E-state index contributed by atoms with van der Waals surface area (Å²) in [6.07, 6.45) is 2.58. The molecule has 0 amide bonds. The van der Waals surface area contributed by atoms with E-state index in [1.807, 2.05) is 19.1 Å². The molecule has 6 heteroatoms. The van der Waals surface area contributed by atoms with E-state index in [2.05, 4.69) is 21.2 Å². The molecule has 3 rings (SSSR count). The fraction of sp³-hybridized carbons (Fsp3) is 0.429. The van der Waals surface area contributed by atoms with Crippen molar-refractivity contribution in [1.29, 1.82) is 0 Å². The summed E-state index contributed by atoms with van der Waals surface area (Å²) in [6.45, 7) is 5.28. The molecule has 1 N–H and O–H groups in total. The van der Waals surface area contributed by atoms with E-state index < -0.39 is 0 Å². The average Bonchev–Trinajstić information content (AvgIpc) is 3.18. The molecule has 1 aliphatic heterocycles. The molecular formula is C21H25BrFNO3. The predicted octanol–water partition coefficient (Wildman–Crippen LogP) is 4.83. The number of ether oxygens (including phenoxy) is 3. The Morgan fingerprint density at radius 3 is 2.67 bits per heavy atom. The van der Waals surface area contributed by atoms with Gasteiger partial charge in [0.15, 0.2) is 11.5 Å². The Kier molecular flexibility index (Phi) is 7.50. The minimum atomic E-state index is -0.253. The first kappa shape index (κ1) is 20.1. The maximum absolute atomic E-state index is 13.0. The topological polar surface area (TPSA) is 39.7 Å². The highest BCUT2D eigenvalue weighted by Crippen LogP contribution is 2.34. The fourth-order valence-corrected chi connectivity index (χ4v) is 3.47. The molecule has 27 heavy (non-hydrogen) atoms. The van der Waals surface area contributed by atoms with Gasteiger partial charge in [-0.1, -0.05) is 28.1 Å². The summed E-state index contributed by atoms with van der Waals surface area (Å²) in [4.78, 5) is 0. The maximum atomic E-state index is 13.0.